The molecule has 0 radical (unpaired) electrons. The molecule has 2 aromatic carbocycles. The van der Waals surface area contributed by atoms with Crippen molar-refractivity contribution in [2.75, 3.05) is 5.32 Å². The molecule has 10 heteroatoms. The van der Waals surface area contributed by atoms with Crippen molar-refractivity contribution in [3.05, 3.63) is 81.8 Å². The molecule has 0 fully saturated rings. The summed E-state index contributed by atoms with van der Waals surface area (Å²) in [6.07, 6.45) is 1.60. The molecule has 4 aromatic rings. The number of carbonyl (C=O) groups is 1. The normalized spacial score (nSPS) is 11.0. The number of halogens is 2. The number of nitrogens with one attached hydrogen (secondary N) is 2. The van der Waals surface area contributed by atoms with Crippen LogP contribution in [-0.2, 0) is 0 Å². The predicted molar refractivity (Wildman–Crippen MR) is 113 cm³/mol. The fraction of sp³-hybridized carbons (Fsp3) is 0.0952. The number of imidazole rings is 1. The number of carbonyl (C=O) groups excluding carboxylic acids is 1. The van der Waals surface area contributed by atoms with Crippen molar-refractivity contribution in [2.45, 2.75) is 13.5 Å². The number of aromatic amines is 1. The summed E-state index contributed by atoms with van der Waals surface area (Å²) in [5.74, 6) is -0.380. The third kappa shape index (κ3) is 4.38. The Morgan fingerprint density at radius 2 is 1.94 bits per heavy atom. The lowest BCUT2D eigenvalue weighted by molar-refractivity contribution is -0.0494. The van der Waals surface area contributed by atoms with Gasteiger partial charge >= 0.3 is 12.3 Å². The van der Waals surface area contributed by atoms with Gasteiger partial charge in [0.25, 0.3) is 5.91 Å². The SMILES string of the molecule is Cc1c[nH]c(=O)n1-c1ccc(C(=O)Nc2nc(-c3ccccc3OC(F)F)cs2)cc1. The first kappa shape index (κ1) is 20.5. The number of aromatic nitrogens is 3. The standard InChI is InChI=1S/C21H16F2N4O3S/c1-12-10-24-21(29)27(12)14-8-6-13(7-9-14)18(28)26-20-25-16(11-31-20)15-4-2-3-5-17(15)30-19(22)23/h2-11,19H,1H3,(H,24,29)(H,25,26,28). The van der Waals surface area contributed by atoms with E-state index in [2.05, 4.69) is 20.0 Å². The smallest absolute Gasteiger partial charge is 0.387 e. The van der Waals surface area contributed by atoms with E-state index in [-0.39, 0.29) is 17.3 Å². The monoisotopic (exact) mass is 442 g/mol. The van der Waals surface area contributed by atoms with Gasteiger partial charge in [0.1, 0.15) is 5.75 Å². The van der Waals surface area contributed by atoms with Gasteiger partial charge in [-0.3, -0.25) is 14.7 Å². The number of anilines is 1. The van der Waals surface area contributed by atoms with E-state index >= 15 is 0 Å². The second-order valence-corrected chi connectivity index (χ2v) is 7.34. The van der Waals surface area contributed by atoms with Crippen LogP contribution in [0.25, 0.3) is 16.9 Å². The second-order valence-electron chi connectivity index (χ2n) is 6.48. The number of thiazole rings is 1. The van der Waals surface area contributed by atoms with Gasteiger partial charge in [-0.1, -0.05) is 12.1 Å². The molecule has 1 amide bonds. The van der Waals surface area contributed by atoms with Crippen LogP contribution in [0.3, 0.4) is 0 Å². The largest absolute Gasteiger partial charge is 0.434 e. The Bertz CT molecular complexity index is 1280. The average molecular weight is 442 g/mol. The lowest BCUT2D eigenvalue weighted by Gasteiger charge is -2.08. The highest BCUT2D eigenvalue weighted by molar-refractivity contribution is 7.14. The number of hydrogen-bond donors (Lipinski definition) is 2. The maximum absolute atomic E-state index is 12.6. The number of para-hydroxylation sites is 1. The van der Waals surface area contributed by atoms with Crippen LogP contribution in [0.5, 0.6) is 5.75 Å². The number of alkyl halides is 2. The summed E-state index contributed by atoms with van der Waals surface area (Å²) in [6.45, 7) is -1.16. The summed E-state index contributed by atoms with van der Waals surface area (Å²) in [7, 11) is 0. The van der Waals surface area contributed by atoms with Gasteiger partial charge in [0.2, 0.25) is 0 Å². The predicted octanol–water partition coefficient (Wildman–Crippen LogP) is 4.45. The second kappa shape index (κ2) is 8.52. The van der Waals surface area contributed by atoms with Crippen molar-refractivity contribution in [3.63, 3.8) is 0 Å². The lowest BCUT2D eigenvalue weighted by Crippen LogP contribution is -2.16. The van der Waals surface area contributed by atoms with Crippen LogP contribution >= 0.6 is 11.3 Å². The van der Waals surface area contributed by atoms with Crippen molar-refractivity contribution >= 4 is 22.4 Å². The molecular weight excluding hydrogens is 426 g/mol. The van der Waals surface area contributed by atoms with E-state index in [1.54, 1.807) is 61.0 Å². The zero-order valence-electron chi connectivity index (χ0n) is 16.1. The topological polar surface area (TPSA) is 89.0 Å². The number of ether oxygens (including phenoxy) is 1. The molecule has 158 valence electrons. The highest BCUT2D eigenvalue weighted by atomic mass is 32.1. The molecule has 0 aliphatic heterocycles. The Morgan fingerprint density at radius 3 is 2.61 bits per heavy atom. The van der Waals surface area contributed by atoms with E-state index in [1.165, 1.54) is 10.6 Å². The Hall–Kier alpha value is -3.79. The number of H-pyrrole nitrogens is 1. The van der Waals surface area contributed by atoms with Crippen molar-refractivity contribution in [3.8, 4) is 22.7 Å². The van der Waals surface area contributed by atoms with Crippen LogP contribution in [-0.4, -0.2) is 27.1 Å². The summed E-state index contributed by atoms with van der Waals surface area (Å²) in [4.78, 5) is 31.3. The summed E-state index contributed by atoms with van der Waals surface area (Å²) in [5, 5.41) is 4.65. The quantitative estimate of drug-likeness (QED) is 0.462. The molecule has 31 heavy (non-hydrogen) atoms. The van der Waals surface area contributed by atoms with E-state index in [4.69, 9.17) is 0 Å². The van der Waals surface area contributed by atoms with Gasteiger partial charge in [-0.2, -0.15) is 8.78 Å². The number of nitrogens with zero attached hydrogens (tertiary/aromatic N) is 2. The first-order chi connectivity index (χ1) is 14.9. The van der Waals surface area contributed by atoms with Gasteiger partial charge in [0.15, 0.2) is 5.13 Å². The van der Waals surface area contributed by atoms with Crippen LogP contribution in [0.1, 0.15) is 16.1 Å². The Balaban J connectivity index is 1.51. The number of rotatable bonds is 6. The number of aryl methyl sites for hydroxylation is 1. The van der Waals surface area contributed by atoms with Gasteiger partial charge < -0.3 is 9.72 Å². The third-order valence-corrected chi connectivity index (χ3v) is 5.21. The van der Waals surface area contributed by atoms with E-state index in [9.17, 15) is 18.4 Å². The molecule has 2 aromatic heterocycles. The Morgan fingerprint density at radius 1 is 1.19 bits per heavy atom. The molecule has 2 heterocycles. The molecular formula is C21H16F2N4O3S. The van der Waals surface area contributed by atoms with E-state index in [1.807, 2.05) is 0 Å². The fourth-order valence-electron chi connectivity index (χ4n) is 3.04. The van der Waals surface area contributed by atoms with Crippen LogP contribution in [0, 0.1) is 6.92 Å². The van der Waals surface area contributed by atoms with Crippen molar-refractivity contribution in [1.29, 1.82) is 0 Å². The molecule has 0 aliphatic carbocycles. The van der Waals surface area contributed by atoms with Gasteiger partial charge in [0.05, 0.1) is 11.4 Å². The third-order valence-electron chi connectivity index (χ3n) is 4.45. The molecule has 0 bridgehead atoms. The van der Waals surface area contributed by atoms with Gasteiger partial charge in [-0.15, -0.1) is 11.3 Å². The zero-order chi connectivity index (χ0) is 22.0. The van der Waals surface area contributed by atoms with E-state index in [0.29, 0.717) is 27.6 Å². The number of benzene rings is 2. The molecule has 0 saturated carbocycles. The fourth-order valence-corrected chi connectivity index (χ4v) is 3.74. The molecule has 0 saturated heterocycles. The Kier molecular flexibility index (Phi) is 5.63. The highest BCUT2D eigenvalue weighted by Gasteiger charge is 2.15. The molecule has 0 spiro atoms. The number of hydrogen-bond acceptors (Lipinski definition) is 5. The minimum Gasteiger partial charge on any atom is -0.434 e. The highest BCUT2D eigenvalue weighted by Crippen LogP contribution is 2.33. The number of amides is 1. The van der Waals surface area contributed by atoms with Gasteiger partial charge in [-0.05, 0) is 43.3 Å². The van der Waals surface area contributed by atoms with Crippen LogP contribution in [0.4, 0.5) is 13.9 Å². The van der Waals surface area contributed by atoms with Gasteiger partial charge in [0, 0.05) is 28.4 Å². The Labute approximate surface area is 179 Å². The van der Waals surface area contributed by atoms with E-state index in [0.717, 1.165) is 17.0 Å². The summed E-state index contributed by atoms with van der Waals surface area (Å²) in [6, 6.07) is 12.9. The maximum atomic E-state index is 12.6. The van der Waals surface area contributed by atoms with Gasteiger partial charge in [-0.25, -0.2) is 9.78 Å². The molecule has 0 aliphatic rings. The first-order valence-electron chi connectivity index (χ1n) is 9.11. The molecule has 0 unspecified atom stereocenters. The summed E-state index contributed by atoms with van der Waals surface area (Å²) >= 11 is 1.16. The van der Waals surface area contributed by atoms with Crippen LogP contribution in [0.2, 0.25) is 0 Å². The first-order valence-corrected chi connectivity index (χ1v) is 9.99. The lowest BCUT2D eigenvalue weighted by atomic mass is 10.1. The van der Waals surface area contributed by atoms with E-state index < -0.39 is 6.61 Å². The van der Waals surface area contributed by atoms with Crippen molar-refractivity contribution in [2.24, 2.45) is 0 Å². The van der Waals surface area contributed by atoms with Crippen molar-refractivity contribution < 1.29 is 18.3 Å². The maximum Gasteiger partial charge on any atom is 0.387 e. The van der Waals surface area contributed by atoms with Crippen LogP contribution in [0.15, 0.2) is 64.9 Å². The minimum absolute atomic E-state index is 0.00607. The zero-order valence-corrected chi connectivity index (χ0v) is 17.0. The minimum atomic E-state index is -2.95. The van der Waals surface area contributed by atoms with Crippen molar-refractivity contribution in [1.82, 2.24) is 14.5 Å². The molecule has 7 nitrogen and oxygen atoms in total. The summed E-state index contributed by atoms with van der Waals surface area (Å²) < 4.78 is 31.3. The molecule has 4 rings (SSSR count). The average Bonchev–Trinajstić information content (AvgIpc) is 3.34. The summed E-state index contributed by atoms with van der Waals surface area (Å²) in [5.41, 5.74) is 2.30. The molecule has 0 atom stereocenters. The van der Waals surface area contributed by atoms with Crippen LogP contribution < -0.4 is 15.7 Å². The molecule has 2 N–H and O–H groups in total.